The molecule has 0 unspecified atom stereocenters. The molecule has 1 aliphatic heterocycles. The Labute approximate surface area is 163 Å². The number of hydrogen-bond donors (Lipinski definition) is 0. The molecule has 144 valence electrons. The predicted octanol–water partition coefficient (Wildman–Crippen LogP) is 2.94. The van der Waals surface area contributed by atoms with E-state index in [1.165, 1.54) is 28.6 Å². The third-order valence-corrected chi connectivity index (χ3v) is 6.70. The standard InChI is InChI=1S/C19H20ClFN2O3S/c20-16-2-1-3-18(14-16)27(25,26)23-12-10-22(11-13-23)19(24)9-6-15-4-7-17(21)8-5-15/h1-5,7-8,14H,6,9-13H2. The maximum absolute atomic E-state index is 12.9. The van der Waals surface area contributed by atoms with Gasteiger partial charge in [0.05, 0.1) is 4.90 Å². The molecule has 0 N–H and O–H groups in total. The second-order valence-corrected chi connectivity index (χ2v) is 8.74. The van der Waals surface area contributed by atoms with E-state index in [2.05, 4.69) is 0 Å². The highest BCUT2D eigenvalue weighted by molar-refractivity contribution is 7.89. The number of rotatable bonds is 5. The van der Waals surface area contributed by atoms with E-state index in [9.17, 15) is 17.6 Å². The van der Waals surface area contributed by atoms with Gasteiger partial charge in [0.15, 0.2) is 0 Å². The van der Waals surface area contributed by atoms with Gasteiger partial charge in [-0.2, -0.15) is 4.31 Å². The molecule has 0 aliphatic carbocycles. The van der Waals surface area contributed by atoms with Gasteiger partial charge in [-0.3, -0.25) is 4.79 Å². The Morgan fingerprint density at radius 1 is 1.04 bits per heavy atom. The zero-order chi connectivity index (χ0) is 19.4. The molecule has 0 bridgehead atoms. The summed E-state index contributed by atoms with van der Waals surface area (Å²) < 4.78 is 39.7. The van der Waals surface area contributed by atoms with Crippen molar-refractivity contribution in [1.29, 1.82) is 0 Å². The van der Waals surface area contributed by atoms with E-state index in [0.29, 0.717) is 31.0 Å². The number of carbonyl (C=O) groups is 1. The number of carbonyl (C=O) groups excluding carboxylic acids is 1. The summed E-state index contributed by atoms with van der Waals surface area (Å²) in [4.78, 5) is 14.2. The second kappa shape index (κ2) is 8.37. The van der Waals surface area contributed by atoms with Crippen LogP contribution in [0.2, 0.25) is 5.02 Å². The fourth-order valence-corrected chi connectivity index (χ4v) is 4.74. The quantitative estimate of drug-likeness (QED) is 0.761. The zero-order valence-electron chi connectivity index (χ0n) is 14.6. The number of hydrogen-bond acceptors (Lipinski definition) is 3. The molecule has 0 saturated carbocycles. The van der Waals surface area contributed by atoms with Crippen LogP contribution in [0.3, 0.4) is 0 Å². The van der Waals surface area contributed by atoms with Crippen LogP contribution in [0.5, 0.6) is 0 Å². The van der Waals surface area contributed by atoms with Crippen molar-refractivity contribution in [3.63, 3.8) is 0 Å². The van der Waals surface area contributed by atoms with Crippen LogP contribution in [0.15, 0.2) is 53.4 Å². The van der Waals surface area contributed by atoms with Crippen LogP contribution >= 0.6 is 11.6 Å². The molecule has 0 atom stereocenters. The normalized spacial score (nSPS) is 15.7. The summed E-state index contributed by atoms with van der Waals surface area (Å²) in [5.41, 5.74) is 0.895. The number of nitrogens with zero attached hydrogens (tertiary/aromatic N) is 2. The Hall–Kier alpha value is -1.96. The lowest BCUT2D eigenvalue weighted by Crippen LogP contribution is -2.50. The van der Waals surface area contributed by atoms with E-state index in [0.717, 1.165) is 5.56 Å². The first-order valence-electron chi connectivity index (χ1n) is 8.64. The average Bonchev–Trinajstić information content (AvgIpc) is 2.67. The summed E-state index contributed by atoms with van der Waals surface area (Å²) in [5, 5.41) is 0.366. The molecule has 1 aliphatic rings. The monoisotopic (exact) mass is 410 g/mol. The Balaban J connectivity index is 1.55. The third kappa shape index (κ3) is 4.86. The van der Waals surface area contributed by atoms with Gasteiger partial charge in [-0.1, -0.05) is 29.8 Å². The first-order valence-corrected chi connectivity index (χ1v) is 10.5. The minimum Gasteiger partial charge on any atom is -0.340 e. The van der Waals surface area contributed by atoms with Gasteiger partial charge in [0.2, 0.25) is 15.9 Å². The van der Waals surface area contributed by atoms with Crippen molar-refractivity contribution in [2.75, 3.05) is 26.2 Å². The van der Waals surface area contributed by atoms with E-state index in [4.69, 9.17) is 11.6 Å². The van der Waals surface area contributed by atoms with Gasteiger partial charge in [-0.05, 0) is 42.3 Å². The topological polar surface area (TPSA) is 57.7 Å². The van der Waals surface area contributed by atoms with Gasteiger partial charge in [-0.15, -0.1) is 0 Å². The van der Waals surface area contributed by atoms with Crippen LogP contribution < -0.4 is 0 Å². The second-order valence-electron chi connectivity index (χ2n) is 6.37. The Kier molecular flexibility index (Phi) is 6.14. The molecule has 0 radical (unpaired) electrons. The van der Waals surface area contributed by atoms with E-state index in [1.807, 2.05) is 0 Å². The van der Waals surface area contributed by atoms with Crippen molar-refractivity contribution in [2.45, 2.75) is 17.7 Å². The van der Waals surface area contributed by atoms with E-state index >= 15 is 0 Å². The molecular formula is C19H20ClFN2O3S. The summed E-state index contributed by atoms with van der Waals surface area (Å²) in [7, 11) is -3.62. The minimum atomic E-state index is -3.62. The summed E-state index contributed by atoms with van der Waals surface area (Å²) in [5.74, 6) is -0.332. The molecule has 1 heterocycles. The highest BCUT2D eigenvalue weighted by Crippen LogP contribution is 2.21. The lowest BCUT2D eigenvalue weighted by molar-refractivity contribution is -0.132. The van der Waals surface area contributed by atoms with Gasteiger partial charge >= 0.3 is 0 Å². The van der Waals surface area contributed by atoms with E-state index in [-0.39, 0.29) is 29.7 Å². The van der Waals surface area contributed by atoms with Crippen molar-refractivity contribution in [3.05, 3.63) is 64.9 Å². The number of piperazine rings is 1. The smallest absolute Gasteiger partial charge is 0.243 e. The van der Waals surface area contributed by atoms with Crippen LogP contribution in [0.4, 0.5) is 4.39 Å². The van der Waals surface area contributed by atoms with Crippen LogP contribution in [0, 0.1) is 5.82 Å². The maximum atomic E-state index is 12.9. The molecule has 3 rings (SSSR count). The highest BCUT2D eigenvalue weighted by Gasteiger charge is 2.30. The molecule has 1 amide bonds. The molecule has 2 aromatic rings. The molecular weight excluding hydrogens is 391 g/mol. The van der Waals surface area contributed by atoms with Crippen LogP contribution in [0.1, 0.15) is 12.0 Å². The van der Waals surface area contributed by atoms with Crippen molar-refractivity contribution in [2.24, 2.45) is 0 Å². The molecule has 0 aromatic heterocycles. The number of sulfonamides is 1. The summed E-state index contributed by atoms with van der Waals surface area (Å²) in [6.07, 6.45) is 0.840. The van der Waals surface area contributed by atoms with Gasteiger partial charge in [0.25, 0.3) is 0 Å². The van der Waals surface area contributed by atoms with E-state index in [1.54, 1.807) is 29.2 Å². The minimum absolute atomic E-state index is 0.0286. The van der Waals surface area contributed by atoms with Crippen LogP contribution in [0.25, 0.3) is 0 Å². The third-order valence-electron chi connectivity index (χ3n) is 4.57. The van der Waals surface area contributed by atoms with Crippen molar-refractivity contribution >= 4 is 27.5 Å². The first-order chi connectivity index (χ1) is 12.9. The fourth-order valence-electron chi connectivity index (χ4n) is 3.01. The molecule has 1 saturated heterocycles. The lowest BCUT2D eigenvalue weighted by Gasteiger charge is -2.34. The number of amides is 1. The SMILES string of the molecule is O=C(CCc1ccc(F)cc1)N1CCN(S(=O)(=O)c2cccc(Cl)c2)CC1. The zero-order valence-corrected chi connectivity index (χ0v) is 16.2. The summed E-state index contributed by atoms with van der Waals surface area (Å²) in [6.45, 7) is 1.19. The highest BCUT2D eigenvalue weighted by atomic mass is 35.5. The Morgan fingerprint density at radius 3 is 2.33 bits per heavy atom. The molecule has 0 spiro atoms. The van der Waals surface area contributed by atoms with Crippen molar-refractivity contribution < 1.29 is 17.6 Å². The van der Waals surface area contributed by atoms with Gasteiger partial charge in [0, 0.05) is 37.6 Å². The number of benzene rings is 2. The molecule has 1 fully saturated rings. The van der Waals surface area contributed by atoms with Gasteiger partial charge in [0.1, 0.15) is 5.82 Å². The Bertz CT molecular complexity index is 911. The number of aryl methyl sites for hydroxylation is 1. The largest absolute Gasteiger partial charge is 0.340 e. The number of halogens is 2. The summed E-state index contributed by atoms with van der Waals surface area (Å²) >= 11 is 5.89. The first kappa shape index (κ1) is 19.8. The van der Waals surface area contributed by atoms with Crippen LogP contribution in [-0.2, 0) is 21.2 Å². The van der Waals surface area contributed by atoms with Gasteiger partial charge < -0.3 is 4.90 Å². The fraction of sp³-hybridized carbons (Fsp3) is 0.316. The Morgan fingerprint density at radius 2 is 1.70 bits per heavy atom. The maximum Gasteiger partial charge on any atom is 0.243 e. The lowest BCUT2D eigenvalue weighted by atomic mass is 10.1. The molecule has 5 nitrogen and oxygen atoms in total. The molecule has 2 aromatic carbocycles. The molecule has 8 heteroatoms. The average molecular weight is 411 g/mol. The van der Waals surface area contributed by atoms with E-state index < -0.39 is 10.0 Å². The van der Waals surface area contributed by atoms with Crippen LogP contribution in [-0.4, -0.2) is 49.7 Å². The van der Waals surface area contributed by atoms with Gasteiger partial charge in [-0.25, -0.2) is 12.8 Å². The van der Waals surface area contributed by atoms with Crippen molar-refractivity contribution in [1.82, 2.24) is 9.21 Å². The summed E-state index contributed by atoms with van der Waals surface area (Å²) in [6, 6.07) is 12.2. The van der Waals surface area contributed by atoms with Crippen molar-refractivity contribution in [3.8, 4) is 0 Å². The molecule has 27 heavy (non-hydrogen) atoms. The predicted molar refractivity (Wildman–Crippen MR) is 102 cm³/mol.